The maximum atomic E-state index is 3.98. The van der Waals surface area contributed by atoms with E-state index >= 15 is 0 Å². The molecule has 0 aromatic carbocycles. The summed E-state index contributed by atoms with van der Waals surface area (Å²) < 4.78 is 0. The van der Waals surface area contributed by atoms with Gasteiger partial charge >= 0.3 is 0 Å². The lowest BCUT2D eigenvalue weighted by Crippen LogP contribution is -2.01. The van der Waals surface area contributed by atoms with Crippen molar-refractivity contribution in [3.8, 4) is 0 Å². The van der Waals surface area contributed by atoms with Gasteiger partial charge in [-0.1, -0.05) is 130 Å². The van der Waals surface area contributed by atoms with Gasteiger partial charge in [-0.3, -0.25) is 0 Å². The molecule has 0 aliphatic carbocycles. The molecular formula is C21H43. The summed E-state index contributed by atoms with van der Waals surface area (Å²) in [6, 6.07) is 0. The van der Waals surface area contributed by atoms with E-state index in [0.29, 0.717) is 0 Å². The second kappa shape index (κ2) is 18.1. The average molecular weight is 296 g/mol. The molecule has 0 heteroatoms. The van der Waals surface area contributed by atoms with Gasteiger partial charge in [0.25, 0.3) is 0 Å². The number of hydrogen-bond acceptors (Lipinski definition) is 0. The Hall–Kier alpha value is 0. The van der Waals surface area contributed by atoms with Crippen molar-refractivity contribution < 1.29 is 0 Å². The first-order valence-electron chi connectivity index (χ1n) is 10.1. The molecule has 0 aliphatic heterocycles. The van der Waals surface area contributed by atoms with Gasteiger partial charge in [-0.05, 0) is 5.92 Å². The molecule has 0 N–H and O–H groups in total. The molecule has 0 aromatic rings. The highest BCUT2D eigenvalue weighted by Gasteiger charge is 2.08. The van der Waals surface area contributed by atoms with E-state index in [4.69, 9.17) is 0 Å². The van der Waals surface area contributed by atoms with E-state index in [9.17, 15) is 0 Å². The predicted octanol–water partition coefficient (Wildman–Crippen LogP) is 8.11. The van der Waals surface area contributed by atoms with E-state index < -0.39 is 0 Å². The monoisotopic (exact) mass is 295 g/mol. The molecule has 0 aromatic heterocycles. The van der Waals surface area contributed by atoms with Gasteiger partial charge in [-0.25, -0.2) is 0 Å². The maximum absolute atomic E-state index is 3.98. The van der Waals surface area contributed by atoms with Gasteiger partial charge in [0.15, 0.2) is 0 Å². The van der Waals surface area contributed by atoms with Crippen LogP contribution in [-0.2, 0) is 0 Å². The van der Waals surface area contributed by atoms with Crippen molar-refractivity contribution >= 4 is 0 Å². The second-order valence-electron chi connectivity index (χ2n) is 6.97. The summed E-state index contributed by atoms with van der Waals surface area (Å²) in [6.07, 6.45) is 24.2. The zero-order valence-electron chi connectivity index (χ0n) is 15.3. The quantitative estimate of drug-likeness (QED) is 0.238. The Balaban J connectivity index is 3.61. The van der Waals surface area contributed by atoms with Crippen molar-refractivity contribution in [1.29, 1.82) is 0 Å². The lowest BCUT2D eigenvalue weighted by atomic mass is 9.90. The lowest BCUT2D eigenvalue weighted by molar-refractivity contribution is 0.369. The van der Waals surface area contributed by atoms with E-state index in [2.05, 4.69) is 20.8 Å². The van der Waals surface area contributed by atoms with Gasteiger partial charge in [0.05, 0.1) is 0 Å². The summed E-state index contributed by atoms with van der Waals surface area (Å²) in [7, 11) is 0. The second-order valence-corrected chi connectivity index (χ2v) is 6.97. The van der Waals surface area contributed by atoms with Gasteiger partial charge < -0.3 is 0 Å². The summed E-state index contributed by atoms with van der Waals surface area (Å²) in [5.74, 6) is 1.02. The van der Waals surface area contributed by atoms with Gasteiger partial charge in [0.1, 0.15) is 0 Å². The lowest BCUT2D eigenvalue weighted by Gasteiger charge is -2.16. The van der Waals surface area contributed by atoms with Gasteiger partial charge in [0, 0.05) is 0 Å². The Bertz CT molecular complexity index is 173. The van der Waals surface area contributed by atoms with Crippen LogP contribution in [0.1, 0.15) is 123 Å². The zero-order chi connectivity index (χ0) is 15.6. The predicted molar refractivity (Wildman–Crippen MR) is 98.7 cm³/mol. The van der Waals surface area contributed by atoms with E-state index in [0.717, 1.165) is 12.3 Å². The van der Waals surface area contributed by atoms with Crippen LogP contribution in [0.25, 0.3) is 0 Å². The highest BCUT2D eigenvalue weighted by atomic mass is 14.1. The minimum absolute atomic E-state index is 1.02. The molecular weight excluding hydrogens is 252 g/mol. The Kier molecular flexibility index (Phi) is 18.1. The van der Waals surface area contributed by atoms with Crippen molar-refractivity contribution in [3.63, 3.8) is 0 Å². The molecule has 1 unspecified atom stereocenters. The fraction of sp³-hybridized carbons (Fsp3) is 0.952. The van der Waals surface area contributed by atoms with Crippen LogP contribution in [-0.4, -0.2) is 0 Å². The smallest absolute Gasteiger partial charge is 0.0414 e. The van der Waals surface area contributed by atoms with Crippen molar-refractivity contribution in [2.75, 3.05) is 0 Å². The van der Waals surface area contributed by atoms with Gasteiger partial charge in [0.2, 0.25) is 0 Å². The fourth-order valence-electron chi connectivity index (χ4n) is 3.29. The minimum Gasteiger partial charge on any atom is -0.0654 e. The highest BCUT2D eigenvalue weighted by molar-refractivity contribution is 4.62. The van der Waals surface area contributed by atoms with Crippen LogP contribution in [0.2, 0.25) is 0 Å². The third kappa shape index (κ3) is 16.2. The Labute approximate surface area is 136 Å². The molecule has 0 aliphatic rings. The summed E-state index contributed by atoms with van der Waals surface area (Å²) in [4.78, 5) is 0. The molecule has 127 valence electrons. The van der Waals surface area contributed by atoms with Crippen LogP contribution in [0, 0.1) is 12.8 Å². The summed E-state index contributed by atoms with van der Waals surface area (Å²) in [6.45, 7) is 8.59. The molecule has 21 heavy (non-hydrogen) atoms. The Morgan fingerprint density at radius 1 is 0.524 bits per heavy atom. The molecule has 0 saturated carbocycles. The van der Waals surface area contributed by atoms with Crippen molar-refractivity contribution in [1.82, 2.24) is 0 Å². The van der Waals surface area contributed by atoms with Gasteiger partial charge in [-0.15, -0.1) is 0 Å². The molecule has 0 amide bonds. The standard InChI is InChI=1S/C21H43/c1-4-7-10-12-13-14-17-20-21(18-15-9-6-3)19-16-11-8-5-2/h21H,3-20H2,1-2H3. The molecule has 1 atom stereocenters. The third-order valence-electron chi connectivity index (χ3n) is 4.79. The van der Waals surface area contributed by atoms with Crippen LogP contribution in [0.5, 0.6) is 0 Å². The number of hydrogen-bond donors (Lipinski definition) is 0. The van der Waals surface area contributed by atoms with Crippen LogP contribution in [0.3, 0.4) is 0 Å². The molecule has 0 spiro atoms. The van der Waals surface area contributed by atoms with Crippen LogP contribution >= 0.6 is 0 Å². The largest absolute Gasteiger partial charge is 0.0654 e. The first kappa shape index (κ1) is 21.0. The first-order valence-corrected chi connectivity index (χ1v) is 10.1. The number of unbranched alkanes of at least 4 members (excludes halogenated alkanes) is 11. The molecule has 0 nitrogen and oxygen atoms in total. The summed E-state index contributed by atoms with van der Waals surface area (Å²) in [5.41, 5.74) is 0. The third-order valence-corrected chi connectivity index (χ3v) is 4.79. The summed E-state index contributed by atoms with van der Waals surface area (Å²) in [5, 5.41) is 0. The van der Waals surface area contributed by atoms with Crippen LogP contribution in [0.4, 0.5) is 0 Å². The zero-order valence-corrected chi connectivity index (χ0v) is 15.3. The number of rotatable bonds is 17. The van der Waals surface area contributed by atoms with Crippen molar-refractivity contribution in [2.45, 2.75) is 123 Å². The topological polar surface area (TPSA) is 0 Å². The van der Waals surface area contributed by atoms with E-state index in [1.807, 2.05) is 0 Å². The van der Waals surface area contributed by atoms with E-state index in [-0.39, 0.29) is 0 Å². The molecule has 0 saturated heterocycles. The fourth-order valence-corrected chi connectivity index (χ4v) is 3.29. The molecule has 1 radical (unpaired) electrons. The molecule has 0 fully saturated rings. The summed E-state index contributed by atoms with van der Waals surface area (Å²) >= 11 is 0. The minimum atomic E-state index is 1.02. The Morgan fingerprint density at radius 2 is 0.905 bits per heavy atom. The van der Waals surface area contributed by atoms with Crippen LogP contribution < -0.4 is 0 Å². The Morgan fingerprint density at radius 3 is 1.38 bits per heavy atom. The van der Waals surface area contributed by atoms with Crippen LogP contribution in [0.15, 0.2) is 0 Å². The maximum Gasteiger partial charge on any atom is -0.0414 e. The average Bonchev–Trinajstić information content (AvgIpc) is 2.50. The highest BCUT2D eigenvalue weighted by Crippen LogP contribution is 2.24. The SMILES string of the molecule is [CH2]CCCCC(CCCCCC)CCCCCCCCC. The molecule has 0 rings (SSSR count). The van der Waals surface area contributed by atoms with Crippen molar-refractivity contribution in [2.24, 2.45) is 5.92 Å². The van der Waals surface area contributed by atoms with E-state index in [1.54, 1.807) is 0 Å². The first-order chi connectivity index (χ1) is 10.3. The van der Waals surface area contributed by atoms with E-state index in [1.165, 1.54) is 103 Å². The molecule has 0 heterocycles. The van der Waals surface area contributed by atoms with Crippen molar-refractivity contribution in [3.05, 3.63) is 6.92 Å². The normalized spacial score (nSPS) is 12.7. The van der Waals surface area contributed by atoms with Gasteiger partial charge in [-0.2, -0.15) is 0 Å². The molecule has 0 bridgehead atoms.